The van der Waals surface area contributed by atoms with Gasteiger partial charge in [0.1, 0.15) is 0 Å². The summed E-state index contributed by atoms with van der Waals surface area (Å²) in [4.78, 5) is 12.8. The number of nitrogens with two attached hydrogens (primary N) is 1. The number of fused-ring (bicyclic) bond motifs is 1. The average Bonchev–Trinajstić information content (AvgIpc) is 2.71. The van der Waals surface area contributed by atoms with Crippen LogP contribution in [0.1, 0.15) is 35.1 Å². The molecule has 2 heterocycles. The van der Waals surface area contributed by atoms with E-state index in [2.05, 4.69) is 65.7 Å². The fraction of sp³-hybridized carbons (Fsp3) is 0.208. The van der Waals surface area contributed by atoms with Crippen molar-refractivity contribution in [3.63, 3.8) is 0 Å². The Labute approximate surface area is 165 Å². The van der Waals surface area contributed by atoms with Crippen molar-refractivity contribution in [2.24, 2.45) is 0 Å². The highest BCUT2D eigenvalue weighted by Gasteiger charge is 2.11. The van der Waals surface area contributed by atoms with Crippen LogP contribution >= 0.6 is 0 Å². The van der Waals surface area contributed by atoms with Crippen LogP contribution in [0.3, 0.4) is 0 Å². The minimum absolute atomic E-state index is 0.285. The third-order valence-electron chi connectivity index (χ3n) is 5.54. The maximum absolute atomic E-state index is 5.61. The van der Waals surface area contributed by atoms with Crippen molar-refractivity contribution >= 4 is 23.7 Å². The van der Waals surface area contributed by atoms with Crippen LogP contribution in [0.15, 0.2) is 43.4 Å². The molecule has 28 heavy (non-hydrogen) atoms. The van der Waals surface area contributed by atoms with Crippen molar-refractivity contribution < 1.29 is 0 Å². The summed E-state index contributed by atoms with van der Waals surface area (Å²) in [6.45, 7) is 8.58. The molecule has 1 aliphatic rings. The smallest absolute Gasteiger partial charge is 0.219 e. The zero-order chi connectivity index (χ0) is 19.7. The Bertz CT molecular complexity index is 1170. The molecule has 140 valence electrons. The van der Waals surface area contributed by atoms with Crippen LogP contribution in [0.5, 0.6) is 0 Å². The molecule has 0 spiro atoms. The number of hydrogen-bond acceptors (Lipinski definition) is 4. The summed E-state index contributed by atoms with van der Waals surface area (Å²) in [5.74, 6) is 0.285. The molecule has 0 aliphatic heterocycles. The van der Waals surface area contributed by atoms with Gasteiger partial charge in [0.2, 0.25) is 5.95 Å². The Kier molecular flexibility index (Phi) is 4.78. The molecular weight excluding hydrogens is 344 g/mol. The number of aryl methyl sites for hydroxylation is 1. The Balaban J connectivity index is 1.76. The van der Waals surface area contributed by atoms with Gasteiger partial charge in [-0.15, -0.1) is 0 Å². The van der Waals surface area contributed by atoms with Crippen molar-refractivity contribution in [2.45, 2.75) is 33.1 Å². The van der Waals surface area contributed by atoms with Crippen LogP contribution in [0, 0.1) is 13.8 Å². The highest BCUT2D eigenvalue weighted by molar-refractivity contribution is 5.89. The van der Waals surface area contributed by atoms with Gasteiger partial charge >= 0.3 is 0 Å². The molecule has 3 aromatic rings. The first-order valence-electron chi connectivity index (χ1n) is 9.58. The summed E-state index contributed by atoms with van der Waals surface area (Å²) < 4.78 is 0. The van der Waals surface area contributed by atoms with Gasteiger partial charge in [-0.05, 0) is 83.9 Å². The monoisotopic (exact) mass is 368 g/mol. The quantitative estimate of drug-likeness (QED) is 0.770. The summed E-state index contributed by atoms with van der Waals surface area (Å²) in [6.07, 6.45) is 13.3. The molecule has 2 aromatic heterocycles. The van der Waals surface area contributed by atoms with E-state index < -0.39 is 0 Å². The minimum Gasteiger partial charge on any atom is -0.368 e. The van der Waals surface area contributed by atoms with Crippen molar-refractivity contribution in [3.8, 4) is 11.1 Å². The normalized spacial score (nSPS) is 13.7. The SMILES string of the molecule is C=C(C=c1nccc2c1=CCCC2)c1ccc(-c2cnc(N)nc2)c(C)c1C. The number of pyridine rings is 1. The second-order valence-corrected chi connectivity index (χ2v) is 7.28. The molecule has 0 radical (unpaired) electrons. The second-order valence-electron chi connectivity index (χ2n) is 7.28. The molecule has 4 heteroatoms. The van der Waals surface area contributed by atoms with E-state index in [1.165, 1.54) is 28.3 Å². The van der Waals surface area contributed by atoms with E-state index in [-0.39, 0.29) is 5.95 Å². The molecule has 1 aromatic carbocycles. The highest BCUT2D eigenvalue weighted by atomic mass is 15.0. The molecule has 0 bridgehead atoms. The Morgan fingerprint density at radius 3 is 2.64 bits per heavy atom. The average molecular weight is 368 g/mol. The number of rotatable bonds is 3. The molecule has 1 aliphatic carbocycles. The largest absolute Gasteiger partial charge is 0.368 e. The van der Waals surface area contributed by atoms with Gasteiger partial charge in [0, 0.05) is 24.2 Å². The van der Waals surface area contributed by atoms with Gasteiger partial charge in [-0.25, -0.2) is 9.97 Å². The number of allylic oxidation sites excluding steroid dienone is 1. The lowest BCUT2D eigenvalue weighted by Crippen LogP contribution is -2.33. The number of hydrogen-bond donors (Lipinski definition) is 1. The van der Waals surface area contributed by atoms with Gasteiger partial charge in [-0.1, -0.05) is 24.8 Å². The van der Waals surface area contributed by atoms with E-state index in [0.29, 0.717) is 0 Å². The summed E-state index contributed by atoms with van der Waals surface area (Å²) in [5, 5.41) is 2.27. The zero-order valence-corrected chi connectivity index (χ0v) is 16.4. The van der Waals surface area contributed by atoms with E-state index in [1.54, 1.807) is 12.4 Å². The predicted molar refractivity (Wildman–Crippen MR) is 116 cm³/mol. The third kappa shape index (κ3) is 3.33. The van der Waals surface area contributed by atoms with Crippen molar-refractivity contribution in [2.75, 3.05) is 5.73 Å². The van der Waals surface area contributed by atoms with E-state index in [9.17, 15) is 0 Å². The maximum atomic E-state index is 5.61. The fourth-order valence-corrected chi connectivity index (χ4v) is 3.84. The molecule has 0 unspecified atom stereocenters. The molecule has 4 nitrogen and oxygen atoms in total. The first kappa shape index (κ1) is 18.1. The molecule has 0 saturated heterocycles. The van der Waals surface area contributed by atoms with Gasteiger partial charge in [0.05, 0.1) is 5.35 Å². The lowest BCUT2D eigenvalue weighted by molar-refractivity contribution is 0.828. The van der Waals surface area contributed by atoms with Gasteiger partial charge < -0.3 is 5.73 Å². The predicted octanol–water partition coefficient (Wildman–Crippen LogP) is 3.35. The lowest BCUT2D eigenvalue weighted by Gasteiger charge is -2.14. The standard InChI is InChI=1S/C24H24N4/c1-15(12-23-22-7-5-4-6-18(22)10-11-26-23)20-8-9-21(17(3)16(20)2)19-13-27-24(25)28-14-19/h7-14H,1,4-6H2,2-3H3,(H2,25,27,28). The number of aromatic nitrogens is 3. The van der Waals surface area contributed by atoms with Crippen LogP contribution in [-0.4, -0.2) is 15.0 Å². The summed E-state index contributed by atoms with van der Waals surface area (Å²) in [6, 6.07) is 6.35. The lowest BCUT2D eigenvalue weighted by atomic mass is 9.91. The van der Waals surface area contributed by atoms with Crippen LogP contribution in [0.2, 0.25) is 0 Å². The van der Waals surface area contributed by atoms with E-state index in [4.69, 9.17) is 5.73 Å². The van der Waals surface area contributed by atoms with Crippen LogP contribution in [0.25, 0.3) is 28.9 Å². The third-order valence-corrected chi connectivity index (χ3v) is 5.54. The molecule has 0 amide bonds. The van der Waals surface area contributed by atoms with Gasteiger partial charge in [-0.3, -0.25) is 4.98 Å². The van der Waals surface area contributed by atoms with Crippen LogP contribution in [-0.2, 0) is 6.42 Å². The van der Waals surface area contributed by atoms with E-state index in [0.717, 1.165) is 40.5 Å². The minimum atomic E-state index is 0.285. The van der Waals surface area contributed by atoms with E-state index >= 15 is 0 Å². The fourth-order valence-electron chi connectivity index (χ4n) is 3.84. The molecule has 2 N–H and O–H groups in total. The topological polar surface area (TPSA) is 64.7 Å². The molecule has 0 atom stereocenters. The zero-order valence-electron chi connectivity index (χ0n) is 16.4. The Morgan fingerprint density at radius 1 is 1.07 bits per heavy atom. The molecular formula is C24H24N4. The maximum Gasteiger partial charge on any atom is 0.219 e. The van der Waals surface area contributed by atoms with E-state index in [1.807, 2.05) is 6.20 Å². The van der Waals surface area contributed by atoms with Crippen molar-refractivity contribution in [3.05, 3.63) is 76.2 Å². The number of nitrogen functional groups attached to an aromatic ring is 1. The number of anilines is 1. The van der Waals surface area contributed by atoms with Crippen LogP contribution < -0.4 is 16.3 Å². The van der Waals surface area contributed by atoms with Gasteiger partial charge in [0.25, 0.3) is 0 Å². The Morgan fingerprint density at radius 2 is 1.86 bits per heavy atom. The van der Waals surface area contributed by atoms with Gasteiger partial charge in [-0.2, -0.15) is 0 Å². The molecule has 4 rings (SSSR count). The first-order chi connectivity index (χ1) is 13.5. The Hall–Kier alpha value is -3.27. The van der Waals surface area contributed by atoms with Crippen molar-refractivity contribution in [1.82, 2.24) is 15.0 Å². The number of nitrogens with zero attached hydrogens (tertiary/aromatic N) is 3. The molecule has 0 fully saturated rings. The second kappa shape index (κ2) is 7.39. The highest BCUT2D eigenvalue weighted by Crippen LogP contribution is 2.30. The van der Waals surface area contributed by atoms with Crippen molar-refractivity contribution in [1.29, 1.82) is 0 Å². The molecule has 0 saturated carbocycles. The summed E-state index contributed by atoms with van der Waals surface area (Å²) in [5.41, 5.74) is 13.6. The summed E-state index contributed by atoms with van der Waals surface area (Å²) >= 11 is 0. The van der Waals surface area contributed by atoms with Crippen LogP contribution in [0.4, 0.5) is 5.95 Å². The first-order valence-corrected chi connectivity index (χ1v) is 9.58. The summed E-state index contributed by atoms with van der Waals surface area (Å²) in [7, 11) is 0. The number of benzene rings is 1. The van der Waals surface area contributed by atoms with Gasteiger partial charge in [0.15, 0.2) is 0 Å².